The maximum atomic E-state index is 6.26. The molecule has 0 atom stereocenters. The normalized spacial score (nSPS) is 17.5. The summed E-state index contributed by atoms with van der Waals surface area (Å²) in [6.45, 7) is 8.62. The fourth-order valence-electron chi connectivity index (χ4n) is 2.91. The van der Waals surface area contributed by atoms with Gasteiger partial charge in [-0.05, 0) is 71.4 Å². The standard InChI is InChI=1S/C19H31NO/c1-18(2,3)20-15-14-19(12-8-13-19)21-16-7-11-17-9-5-4-6-10-17/h4-6,9-10,20H,7-8,11-16H2,1-3H3. The van der Waals surface area contributed by atoms with Crippen LogP contribution < -0.4 is 5.32 Å². The molecule has 0 aromatic heterocycles. The molecule has 1 N–H and O–H groups in total. The molecule has 1 aliphatic carbocycles. The van der Waals surface area contributed by atoms with Gasteiger partial charge in [0, 0.05) is 12.1 Å². The van der Waals surface area contributed by atoms with Crippen LogP contribution in [0.15, 0.2) is 30.3 Å². The predicted molar refractivity (Wildman–Crippen MR) is 89.7 cm³/mol. The Morgan fingerprint density at radius 1 is 1.14 bits per heavy atom. The highest BCUT2D eigenvalue weighted by Crippen LogP contribution is 2.38. The van der Waals surface area contributed by atoms with E-state index in [1.165, 1.54) is 24.8 Å². The molecule has 2 rings (SSSR count). The molecule has 0 saturated heterocycles. The van der Waals surface area contributed by atoms with Crippen LogP contribution in [0.3, 0.4) is 0 Å². The third-order valence-electron chi connectivity index (χ3n) is 4.36. The highest BCUT2D eigenvalue weighted by Gasteiger charge is 2.37. The first-order valence-corrected chi connectivity index (χ1v) is 8.42. The summed E-state index contributed by atoms with van der Waals surface area (Å²) < 4.78 is 6.26. The van der Waals surface area contributed by atoms with Crippen molar-refractivity contribution in [2.75, 3.05) is 13.2 Å². The minimum atomic E-state index is 0.176. The Morgan fingerprint density at radius 2 is 1.86 bits per heavy atom. The van der Waals surface area contributed by atoms with E-state index in [1.807, 2.05) is 0 Å². The lowest BCUT2D eigenvalue weighted by Crippen LogP contribution is -2.45. The van der Waals surface area contributed by atoms with Crippen LogP contribution in [0.25, 0.3) is 0 Å². The molecule has 0 bridgehead atoms. The zero-order valence-corrected chi connectivity index (χ0v) is 14.0. The van der Waals surface area contributed by atoms with Crippen molar-refractivity contribution in [3.8, 4) is 0 Å². The molecule has 0 spiro atoms. The quantitative estimate of drug-likeness (QED) is 0.719. The Hall–Kier alpha value is -0.860. The second-order valence-electron chi connectivity index (χ2n) is 7.40. The second-order valence-corrected chi connectivity index (χ2v) is 7.40. The summed E-state index contributed by atoms with van der Waals surface area (Å²) in [7, 11) is 0. The summed E-state index contributed by atoms with van der Waals surface area (Å²) in [5, 5.41) is 3.58. The Bertz CT molecular complexity index is 403. The zero-order chi connectivity index (χ0) is 15.2. The van der Waals surface area contributed by atoms with Crippen LogP contribution in [0.4, 0.5) is 0 Å². The van der Waals surface area contributed by atoms with Gasteiger partial charge in [-0.25, -0.2) is 0 Å². The first-order valence-electron chi connectivity index (χ1n) is 8.42. The molecule has 0 aliphatic heterocycles. The molecule has 1 aromatic carbocycles. The molecule has 1 saturated carbocycles. The van der Waals surface area contributed by atoms with Gasteiger partial charge in [-0.1, -0.05) is 30.3 Å². The lowest BCUT2D eigenvalue weighted by molar-refractivity contribution is -0.105. The largest absolute Gasteiger partial charge is 0.375 e. The van der Waals surface area contributed by atoms with Crippen LogP contribution in [0, 0.1) is 0 Å². The molecule has 21 heavy (non-hydrogen) atoms. The van der Waals surface area contributed by atoms with Crippen LogP contribution in [-0.2, 0) is 11.2 Å². The molecular weight excluding hydrogens is 258 g/mol. The van der Waals surface area contributed by atoms with Crippen molar-refractivity contribution in [2.45, 2.75) is 70.4 Å². The van der Waals surface area contributed by atoms with Gasteiger partial charge >= 0.3 is 0 Å². The Labute approximate surface area is 130 Å². The molecule has 0 unspecified atom stereocenters. The minimum Gasteiger partial charge on any atom is -0.375 e. The van der Waals surface area contributed by atoms with E-state index in [0.29, 0.717) is 0 Å². The van der Waals surface area contributed by atoms with Crippen LogP contribution in [0.1, 0.15) is 58.4 Å². The molecule has 1 aliphatic rings. The number of aryl methyl sites for hydroxylation is 1. The van der Waals surface area contributed by atoms with E-state index in [1.54, 1.807) is 0 Å². The zero-order valence-electron chi connectivity index (χ0n) is 14.0. The van der Waals surface area contributed by atoms with Gasteiger partial charge < -0.3 is 10.1 Å². The summed E-state index contributed by atoms with van der Waals surface area (Å²) in [6.07, 6.45) is 7.20. The van der Waals surface area contributed by atoms with Crippen molar-refractivity contribution >= 4 is 0 Å². The SMILES string of the molecule is CC(C)(C)NCCC1(OCCCc2ccccc2)CCC1. The molecule has 0 radical (unpaired) electrons. The van der Waals surface area contributed by atoms with Crippen molar-refractivity contribution < 1.29 is 4.74 Å². The van der Waals surface area contributed by atoms with Crippen molar-refractivity contribution in [3.63, 3.8) is 0 Å². The Balaban J connectivity index is 1.65. The maximum absolute atomic E-state index is 6.26. The smallest absolute Gasteiger partial charge is 0.0694 e. The van der Waals surface area contributed by atoms with Gasteiger partial charge in [0.05, 0.1) is 5.60 Å². The highest BCUT2D eigenvalue weighted by molar-refractivity contribution is 5.14. The summed E-state index contributed by atoms with van der Waals surface area (Å²) in [5.41, 5.74) is 1.80. The lowest BCUT2D eigenvalue weighted by Gasteiger charge is -2.42. The van der Waals surface area contributed by atoms with Crippen LogP contribution >= 0.6 is 0 Å². The van der Waals surface area contributed by atoms with E-state index in [0.717, 1.165) is 32.4 Å². The average Bonchev–Trinajstić information content (AvgIpc) is 2.39. The molecule has 1 aromatic rings. The molecule has 0 amide bonds. The fraction of sp³-hybridized carbons (Fsp3) is 0.684. The summed E-state index contributed by atoms with van der Waals surface area (Å²) in [6, 6.07) is 10.7. The van der Waals surface area contributed by atoms with Gasteiger partial charge in [0.15, 0.2) is 0 Å². The second kappa shape index (κ2) is 7.42. The highest BCUT2D eigenvalue weighted by atomic mass is 16.5. The molecular formula is C19H31NO. The molecule has 1 fully saturated rings. The van der Waals surface area contributed by atoms with Crippen LogP contribution in [-0.4, -0.2) is 24.3 Å². The van der Waals surface area contributed by atoms with Crippen molar-refractivity contribution in [2.24, 2.45) is 0 Å². The van der Waals surface area contributed by atoms with Gasteiger partial charge in [-0.2, -0.15) is 0 Å². The topological polar surface area (TPSA) is 21.3 Å². The Kier molecular flexibility index (Phi) is 5.83. The van der Waals surface area contributed by atoms with E-state index in [-0.39, 0.29) is 11.1 Å². The molecule has 0 heterocycles. The van der Waals surface area contributed by atoms with E-state index < -0.39 is 0 Å². The number of benzene rings is 1. The summed E-state index contributed by atoms with van der Waals surface area (Å²) >= 11 is 0. The fourth-order valence-corrected chi connectivity index (χ4v) is 2.91. The van der Waals surface area contributed by atoms with Gasteiger partial charge in [0.25, 0.3) is 0 Å². The first-order chi connectivity index (χ1) is 9.99. The number of ether oxygens (including phenoxy) is 1. The number of rotatable bonds is 8. The Morgan fingerprint density at radius 3 is 2.43 bits per heavy atom. The van der Waals surface area contributed by atoms with E-state index >= 15 is 0 Å². The van der Waals surface area contributed by atoms with Crippen LogP contribution in [0.5, 0.6) is 0 Å². The molecule has 118 valence electrons. The maximum Gasteiger partial charge on any atom is 0.0694 e. The average molecular weight is 289 g/mol. The first kappa shape index (κ1) is 16.5. The third-order valence-corrected chi connectivity index (χ3v) is 4.36. The monoisotopic (exact) mass is 289 g/mol. The van der Waals surface area contributed by atoms with E-state index in [2.05, 4.69) is 56.4 Å². The minimum absolute atomic E-state index is 0.176. The van der Waals surface area contributed by atoms with E-state index in [9.17, 15) is 0 Å². The van der Waals surface area contributed by atoms with Crippen LogP contribution in [0.2, 0.25) is 0 Å². The third kappa shape index (κ3) is 5.80. The summed E-state index contributed by atoms with van der Waals surface area (Å²) in [4.78, 5) is 0. The van der Waals surface area contributed by atoms with Gasteiger partial charge in [0.2, 0.25) is 0 Å². The van der Waals surface area contributed by atoms with Gasteiger partial charge in [-0.15, -0.1) is 0 Å². The predicted octanol–water partition coefficient (Wildman–Crippen LogP) is 4.34. The molecule has 2 heteroatoms. The molecule has 2 nitrogen and oxygen atoms in total. The van der Waals surface area contributed by atoms with Gasteiger partial charge in [-0.3, -0.25) is 0 Å². The van der Waals surface area contributed by atoms with Gasteiger partial charge in [0.1, 0.15) is 0 Å². The summed E-state index contributed by atoms with van der Waals surface area (Å²) in [5.74, 6) is 0. The number of nitrogens with one attached hydrogen (secondary N) is 1. The van der Waals surface area contributed by atoms with Crippen molar-refractivity contribution in [3.05, 3.63) is 35.9 Å². The lowest BCUT2D eigenvalue weighted by atomic mass is 9.77. The van der Waals surface area contributed by atoms with E-state index in [4.69, 9.17) is 4.74 Å². The number of hydrogen-bond acceptors (Lipinski definition) is 2. The van der Waals surface area contributed by atoms with Crippen molar-refractivity contribution in [1.82, 2.24) is 5.32 Å². The number of hydrogen-bond donors (Lipinski definition) is 1. The van der Waals surface area contributed by atoms with Crippen molar-refractivity contribution in [1.29, 1.82) is 0 Å².